The minimum absolute atomic E-state index is 0.147. The summed E-state index contributed by atoms with van der Waals surface area (Å²) in [6, 6.07) is -0.521. The number of nitrogens with one attached hydrogen (secondary N) is 1. The number of alkyl carbamates (subject to hydrolysis) is 1. The summed E-state index contributed by atoms with van der Waals surface area (Å²) in [7, 11) is 4.78. The lowest BCUT2D eigenvalue weighted by molar-refractivity contribution is -0.145. The van der Waals surface area contributed by atoms with E-state index in [-0.39, 0.29) is 6.54 Å². The average molecular weight is 246 g/mol. The summed E-state index contributed by atoms with van der Waals surface area (Å²) in [5, 5.41) is 2.53. The fourth-order valence-corrected chi connectivity index (χ4v) is 1.11. The number of hydrogen-bond donors (Lipinski definition) is 1. The van der Waals surface area contributed by atoms with Crippen LogP contribution >= 0.6 is 0 Å². The molecule has 1 atom stereocenters. The van der Waals surface area contributed by atoms with Crippen molar-refractivity contribution in [3.05, 3.63) is 0 Å². The predicted octanol–water partition coefficient (Wildman–Crippen LogP) is 0.614. The van der Waals surface area contributed by atoms with Crippen LogP contribution in [0.4, 0.5) is 4.79 Å². The van der Waals surface area contributed by atoms with Gasteiger partial charge in [-0.3, -0.25) is 9.69 Å². The second-order valence-electron chi connectivity index (χ2n) is 4.89. The number of rotatable bonds is 4. The van der Waals surface area contributed by atoms with Gasteiger partial charge in [0.15, 0.2) is 0 Å². The van der Waals surface area contributed by atoms with Gasteiger partial charge in [-0.1, -0.05) is 0 Å². The highest BCUT2D eigenvalue weighted by Crippen LogP contribution is 2.06. The van der Waals surface area contributed by atoms with E-state index in [1.165, 1.54) is 7.11 Å². The van der Waals surface area contributed by atoms with E-state index in [2.05, 4.69) is 10.1 Å². The zero-order valence-corrected chi connectivity index (χ0v) is 11.4. The minimum atomic E-state index is -0.553. The van der Waals surface area contributed by atoms with Gasteiger partial charge < -0.3 is 14.8 Å². The molecule has 1 unspecified atom stereocenters. The number of nitrogens with zero attached hydrogens (tertiary/aromatic N) is 1. The van der Waals surface area contributed by atoms with Crippen molar-refractivity contribution in [3.63, 3.8) is 0 Å². The van der Waals surface area contributed by atoms with Crippen LogP contribution in [0, 0.1) is 0 Å². The van der Waals surface area contributed by atoms with E-state index in [4.69, 9.17) is 4.74 Å². The largest absolute Gasteiger partial charge is 0.468 e. The Hall–Kier alpha value is -1.30. The number of esters is 1. The van der Waals surface area contributed by atoms with Crippen molar-refractivity contribution in [3.8, 4) is 0 Å². The SMILES string of the molecule is COC(=O)C(CNC(=O)OC(C)(C)C)N(C)C. The van der Waals surface area contributed by atoms with Crippen LogP contribution in [0.1, 0.15) is 20.8 Å². The smallest absolute Gasteiger partial charge is 0.407 e. The molecular formula is C11H22N2O4. The Morgan fingerprint density at radius 2 is 1.82 bits per heavy atom. The Morgan fingerprint density at radius 1 is 1.29 bits per heavy atom. The highest BCUT2D eigenvalue weighted by atomic mass is 16.6. The van der Waals surface area contributed by atoms with Crippen molar-refractivity contribution in [1.29, 1.82) is 0 Å². The molecule has 0 rings (SSSR count). The fraction of sp³-hybridized carbons (Fsp3) is 0.818. The molecule has 0 aromatic heterocycles. The Kier molecular flexibility index (Phi) is 5.95. The maximum atomic E-state index is 11.4. The molecule has 0 aromatic rings. The molecule has 1 amide bonds. The highest BCUT2D eigenvalue weighted by molar-refractivity contribution is 5.77. The van der Waals surface area contributed by atoms with Gasteiger partial charge in [0.1, 0.15) is 11.6 Å². The second-order valence-corrected chi connectivity index (χ2v) is 4.89. The Labute approximate surface area is 102 Å². The van der Waals surface area contributed by atoms with E-state index in [9.17, 15) is 9.59 Å². The summed E-state index contributed by atoms with van der Waals surface area (Å²) in [6.07, 6.45) is -0.548. The van der Waals surface area contributed by atoms with Crippen molar-refractivity contribution in [2.45, 2.75) is 32.4 Å². The zero-order chi connectivity index (χ0) is 13.6. The zero-order valence-electron chi connectivity index (χ0n) is 11.4. The molecule has 0 saturated carbocycles. The Morgan fingerprint density at radius 3 is 2.18 bits per heavy atom. The van der Waals surface area contributed by atoms with Gasteiger partial charge in [-0.05, 0) is 34.9 Å². The number of ether oxygens (including phenoxy) is 2. The van der Waals surface area contributed by atoms with E-state index in [0.29, 0.717) is 0 Å². The molecule has 0 heterocycles. The van der Waals surface area contributed by atoms with Crippen LogP contribution in [0.5, 0.6) is 0 Å². The molecule has 0 radical (unpaired) electrons. The molecule has 0 bridgehead atoms. The lowest BCUT2D eigenvalue weighted by Crippen LogP contribution is -2.46. The van der Waals surface area contributed by atoms with Crippen molar-refractivity contribution in [2.75, 3.05) is 27.7 Å². The molecule has 17 heavy (non-hydrogen) atoms. The molecule has 0 aliphatic heterocycles. The fourth-order valence-electron chi connectivity index (χ4n) is 1.11. The first-order valence-corrected chi connectivity index (χ1v) is 5.38. The summed E-state index contributed by atoms with van der Waals surface area (Å²) in [6.45, 7) is 5.47. The van der Waals surface area contributed by atoms with Crippen LogP contribution < -0.4 is 5.32 Å². The maximum absolute atomic E-state index is 11.4. The lowest BCUT2D eigenvalue weighted by Gasteiger charge is -2.24. The van der Waals surface area contributed by atoms with Gasteiger partial charge >= 0.3 is 12.1 Å². The third-order valence-electron chi connectivity index (χ3n) is 1.94. The molecule has 0 saturated heterocycles. The molecule has 1 N–H and O–H groups in total. The minimum Gasteiger partial charge on any atom is -0.468 e. The van der Waals surface area contributed by atoms with Gasteiger partial charge in [0.05, 0.1) is 7.11 Å². The monoisotopic (exact) mass is 246 g/mol. The summed E-state index contributed by atoms with van der Waals surface area (Å²) >= 11 is 0. The third kappa shape index (κ3) is 6.78. The van der Waals surface area contributed by atoms with Crippen molar-refractivity contribution in [1.82, 2.24) is 10.2 Å². The number of likely N-dealkylation sites (N-methyl/N-ethyl adjacent to an activating group) is 1. The van der Waals surface area contributed by atoms with Crippen LogP contribution in [0.2, 0.25) is 0 Å². The Balaban J connectivity index is 4.23. The van der Waals surface area contributed by atoms with E-state index in [1.54, 1.807) is 39.8 Å². The van der Waals surface area contributed by atoms with Crippen LogP contribution in [-0.4, -0.2) is 56.4 Å². The van der Waals surface area contributed by atoms with Gasteiger partial charge in [-0.25, -0.2) is 4.79 Å². The average Bonchev–Trinajstić information content (AvgIpc) is 2.14. The number of methoxy groups -OCH3 is 1. The number of carbonyl (C=O) groups is 2. The molecule has 6 nitrogen and oxygen atoms in total. The first-order chi connectivity index (χ1) is 7.67. The second kappa shape index (κ2) is 6.44. The summed E-state index contributed by atoms with van der Waals surface area (Å²) < 4.78 is 9.69. The maximum Gasteiger partial charge on any atom is 0.407 e. The van der Waals surface area contributed by atoms with Gasteiger partial charge in [-0.2, -0.15) is 0 Å². The van der Waals surface area contributed by atoms with Crippen molar-refractivity contribution in [2.24, 2.45) is 0 Å². The summed E-state index contributed by atoms with van der Waals surface area (Å²) in [5.74, 6) is -0.397. The summed E-state index contributed by atoms with van der Waals surface area (Å²) in [5.41, 5.74) is -0.553. The van der Waals surface area contributed by atoms with E-state index in [0.717, 1.165) is 0 Å². The standard InChI is InChI=1S/C11H22N2O4/c1-11(2,3)17-10(15)12-7-8(13(4)5)9(14)16-6/h8H,7H2,1-6H3,(H,12,15). The van der Waals surface area contributed by atoms with E-state index < -0.39 is 23.7 Å². The number of hydrogen-bond acceptors (Lipinski definition) is 5. The summed E-state index contributed by atoms with van der Waals surface area (Å²) in [4.78, 5) is 24.5. The number of amides is 1. The van der Waals surface area contributed by atoms with Crippen LogP contribution in [-0.2, 0) is 14.3 Å². The molecule has 0 aliphatic carbocycles. The Bertz CT molecular complexity index is 271. The molecule has 6 heteroatoms. The lowest BCUT2D eigenvalue weighted by atomic mass is 10.2. The normalized spacial score (nSPS) is 13.1. The molecule has 0 spiro atoms. The van der Waals surface area contributed by atoms with Gasteiger partial charge in [-0.15, -0.1) is 0 Å². The van der Waals surface area contributed by atoms with E-state index >= 15 is 0 Å². The first kappa shape index (κ1) is 15.7. The molecule has 100 valence electrons. The number of carbonyl (C=O) groups excluding carboxylic acids is 2. The first-order valence-electron chi connectivity index (χ1n) is 5.38. The van der Waals surface area contributed by atoms with Gasteiger partial charge in [0, 0.05) is 6.54 Å². The molecule has 0 fully saturated rings. The molecule has 0 aromatic carbocycles. The van der Waals surface area contributed by atoms with Crippen LogP contribution in [0.25, 0.3) is 0 Å². The quantitative estimate of drug-likeness (QED) is 0.736. The van der Waals surface area contributed by atoms with Crippen LogP contribution in [0.3, 0.4) is 0 Å². The van der Waals surface area contributed by atoms with Crippen molar-refractivity contribution >= 4 is 12.1 Å². The van der Waals surface area contributed by atoms with Gasteiger partial charge in [0.2, 0.25) is 0 Å². The molecule has 0 aliphatic rings. The third-order valence-corrected chi connectivity index (χ3v) is 1.94. The van der Waals surface area contributed by atoms with E-state index in [1.807, 2.05) is 0 Å². The molecular weight excluding hydrogens is 224 g/mol. The highest BCUT2D eigenvalue weighted by Gasteiger charge is 2.23. The van der Waals surface area contributed by atoms with Crippen molar-refractivity contribution < 1.29 is 19.1 Å². The predicted molar refractivity (Wildman–Crippen MR) is 63.7 cm³/mol. The topological polar surface area (TPSA) is 67.9 Å². The van der Waals surface area contributed by atoms with Crippen LogP contribution in [0.15, 0.2) is 0 Å². The van der Waals surface area contributed by atoms with Gasteiger partial charge in [0.25, 0.3) is 0 Å².